The Balaban J connectivity index is 2.18. The van der Waals surface area contributed by atoms with Crippen LogP contribution < -0.4 is 15.4 Å². The summed E-state index contributed by atoms with van der Waals surface area (Å²) in [5.74, 6) is 0.283. The smallest absolute Gasteiger partial charge is 0.274 e. The first kappa shape index (κ1) is 14.1. The van der Waals surface area contributed by atoms with Gasteiger partial charge < -0.3 is 15.4 Å². The summed E-state index contributed by atoms with van der Waals surface area (Å²) in [4.78, 5) is 16.1. The molecule has 6 heteroatoms. The van der Waals surface area contributed by atoms with E-state index in [1.807, 2.05) is 0 Å². The zero-order chi connectivity index (χ0) is 14.5. The Morgan fingerprint density at radius 2 is 2.10 bits per heavy atom. The van der Waals surface area contributed by atoms with Crippen molar-refractivity contribution >= 4 is 28.9 Å². The van der Waals surface area contributed by atoms with Crippen molar-refractivity contribution in [1.82, 2.24) is 4.98 Å². The predicted octanol–water partition coefficient (Wildman–Crippen LogP) is 3.04. The quantitative estimate of drug-likeness (QED) is 0.909. The Labute approximate surface area is 121 Å². The Morgan fingerprint density at radius 3 is 2.70 bits per heavy atom. The van der Waals surface area contributed by atoms with Gasteiger partial charge in [-0.25, -0.2) is 4.98 Å². The van der Waals surface area contributed by atoms with Crippen LogP contribution in [0.2, 0.25) is 5.02 Å². The number of anilines is 2. The molecule has 0 radical (unpaired) electrons. The van der Waals surface area contributed by atoms with Crippen molar-refractivity contribution in [3.05, 3.63) is 47.2 Å². The lowest BCUT2D eigenvalue weighted by atomic mass is 10.2. The molecule has 0 unspecified atom stereocenters. The lowest BCUT2D eigenvalue weighted by Gasteiger charge is -2.09. The molecule has 0 spiro atoms. The third-order valence-electron chi connectivity index (χ3n) is 2.71. The van der Waals surface area contributed by atoms with Crippen LogP contribution in [0.4, 0.5) is 11.4 Å². The first-order valence-electron chi connectivity index (χ1n) is 5.92. The summed E-state index contributed by atoms with van der Waals surface area (Å²) >= 11 is 6.03. The summed E-state index contributed by atoms with van der Waals surface area (Å²) in [5.41, 5.74) is 1.62. The molecule has 2 aromatic rings. The van der Waals surface area contributed by atoms with Gasteiger partial charge in [-0.15, -0.1) is 0 Å². The van der Waals surface area contributed by atoms with Gasteiger partial charge in [0.2, 0.25) is 0 Å². The van der Waals surface area contributed by atoms with E-state index in [9.17, 15) is 4.79 Å². The van der Waals surface area contributed by atoms with E-state index in [2.05, 4.69) is 15.6 Å². The van der Waals surface area contributed by atoms with Crippen LogP contribution in [0, 0.1) is 0 Å². The van der Waals surface area contributed by atoms with E-state index in [0.29, 0.717) is 22.2 Å². The van der Waals surface area contributed by atoms with Crippen molar-refractivity contribution in [1.29, 1.82) is 0 Å². The molecule has 20 heavy (non-hydrogen) atoms. The minimum absolute atomic E-state index is 0.308. The van der Waals surface area contributed by atoms with Gasteiger partial charge in [0.15, 0.2) is 0 Å². The van der Waals surface area contributed by atoms with Gasteiger partial charge in [-0.1, -0.05) is 11.6 Å². The number of hydrogen-bond acceptors (Lipinski definition) is 4. The number of hydrogen-bond donors (Lipinski definition) is 2. The van der Waals surface area contributed by atoms with Crippen molar-refractivity contribution in [3.63, 3.8) is 0 Å². The van der Waals surface area contributed by atoms with E-state index in [4.69, 9.17) is 16.3 Å². The molecular formula is C14H14ClN3O2. The maximum atomic E-state index is 12.1. The second kappa shape index (κ2) is 6.25. The van der Waals surface area contributed by atoms with Crippen LogP contribution in [-0.2, 0) is 0 Å². The molecule has 2 rings (SSSR count). The van der Waals surface area contributed by atoms with Crippen LogP contribution in [0.15, 0.2) is 36.5 Å². The fourth-order valence-electron chi connectivity index (χ4n) is 1.59. The molecule has 0 saturated carbocycles. The highest BCUT2D eigenvalue weighted by molar-refractivity contribution is 6.34. The maximum absolute atomic E-state index is 12.1. The van der Waals surface area contributed by atoms with Crippen molar-refractivity contribution in [2.75, 3.05) is 24.8 Å². The molecule has 1 heterocycles. The number of aromatic nitrogens is 1. The molecule has 0 aliphatic heterocycles. The average molecular weight is 292 g/mol. The van der Waals surface area contributed by atoms with E-state index in [0.717, 1.165) is 5.69 Å². The second-order valence-corrected chi connectivity index (χ2v) is 4.39. The molecule has 104 valence electrons. The highest BCUT2D eigenvalue weighted by atomic mass is 35.5. The predicted molar refractivity (Wildman–Crippen MR) is 79.7 cm³/mol. The summed E-state index contributed by atoms with van der Waals surface area (Å²) < 4.78 is 5.09. The van der Waals surface area contributed by atoms with Gasteiger partial charge in [-0.05, 0) is 24.3 Å². The first-order valence-corrected chi connectivity index (χ1v) is 6.30. The zero-order valence-corrected chi connectivity index (χ0v) is 11.9. The number of ether oxygens (including phenoxy) is 1. The topological polar surface area (TPSA) is 63.2 Å². The van der Waals surface area contributed by atoms with Gasteiger partial charge in [-0.3, -0.25) is 4.79 Å². The summed E-state index contributed by atoms with van der Waals surface area (Å²) in [6.45, 7) is 0. The number of nitrogens with one attached hydrogen (secondary N) is 2. The van der Waals surface area contributed by atoms with E-state index >= 15 is 0 Å². The first-order chi connectivity index (χ1) is 9.63. The molecule has 1 aromatic heterocycles. The highest BCUT2D eigenvalue weighted by Gasteiger charge is 2.10. The third-order valence-corrected chi connectivity index (χ3v) is 3.04. The number of rotatable bonds is 4. The lowest BCUT2D eigenvalue weighted by Crippen LogP contribution is -2.14. The number of carbonyl (C=O) groups excluding carboxylic acids is 1. The molecule has 0 fully saturated rings. The monoisotopic (exact) mass is 291 g/mol. The van der Waals surface area contributed by atoms with Gasteiger partial charge in [0, 0.05) is 13.1 Å². The van der Waals surface area contributed by atoms with Crippen molar-refractivity contribution < 1.29 is 9.53 Å². The van der Waals surface area contributed by atoms with Gasteiger partial charge >= 0.3 is 0 Å². The van der Waals surface area contributed by atoms with Gasteiger partial charge in [-0.2, -0.15) is 0 Å². The van der Waals surface area contributed by atoms with E-state index in [1.54, 1.807) is 50.7 Å². The average Bonchev–Trinajstić information content (AvgIpc) is 2.49. The normalized spacial score (nSPS) is 9.95. The number of benzene rings is 1. The zero-order valence-electron chi connectivity index (χ0n) is 11.1. The van der Waals surface area contributed by atoms with Crippen LogP contribution in [0.5, 0.6) is 5.75 Å². The van der Waals surface area contributed by atoms with Gasteiger partial charge in [0.25, 0.3) is 5.91 Å². The van der Waals surface area contributed by atoms with Crippen molar-refractivity contribution in [2.24, 2.45) is 0 Å². The Bertz CT molecular complexity index is 614. The molecule has 1 aromatic carbocycles. The van der Waals surface area contributed by atoms with Crippen LogP contribution in [0.25, 0.3) is 0 Å². The van der Waals surface area contributed by atoms with Crippen molar-refractivity contribution in [2.45, 2.75) is 0 Å². The van der Waals surface area contributed by atoms with E-state index < -0.39 is 0 Å². The largest absolute Gasteiger partial charge is 0.497 e. The van der Waals surface area contributed by atoms with Crippen LogP contribution in [0.3, 0.4) is 0 Å². The fourth-order valence-corrected chi connectivity index (χ4v) is 1.75. The molecular weight excluding hydrogens is 278 g/mol. The Hall–Kier alpha value is -2.27. The highest BCUT2D eigenvalue weighted by Crippen LogP contribution is 2.27. The molecule has 2 N–H and O–H groups in total. The van der Waals surface area contributed by atoms with Crippen LogP contribution >= 0.6 is 11.6 Å². The standard InChI is InChI=1S/C14H14ClN3O2/c1-16-9-3-6-12(17-8-9)14(19)18-13-7-10(20-2)4-5-11(13)15/h3-8,16H,1-2H3,(H,18,19). The van der Waals surface area contributed by atoms with Gasteiger partial charge in [0.1, 0.15) is 11.4 Å². The number of methoxy groups -OCH3 is 1. The summed E-state index contributed by atoms with van der Waals surface area (Å²) in [5, 5.41) is 6.08. The second-order valence-electron chi connectivity index (χ2n) is 3.98. The summed E-state index contributed by atoms with van der Waals surface area (Å²) in [6, 6.07) is 8.44. The molecule has 5 nitrogen and oxygen atoms in total. The number of nitrogens with zero attached hydrogens (tertiary/aromatic N) is 1. The van der Waals surface area contributed by atoms with Crippen LogP contribution in [0.1, 0.15) is 10.5 Å². The minimum Gasteiger partial charge on any atom is -0.497 e. The van der Waals surface area contributed by atoms with E-state index in [1.165, 1.54) is 0 Å². The number of pyridine rings is 1. The van der Waals surface area contributed by atoms with Crippen LogP contribution in [-0.4, -0.2) is 25.0 Å². The summed E-state index contributed by atoms with van der Waals surface area (Å²) in [7, 11) is 3.33. The number of amides is 1. The molecule has 1 amide bonds. The van der Waals surface area contributed by atoms with Gasteiger partial charge in [0.05, 0.1) is 29.7 Å². The minimum atomic E-state index is -0.331. The number of halogens is 1. The SMILES string of the molecule is CNc1ccc(C(=O)Nc2cc(OC)ccc2Cl)nc1. The van der Waals surface area contributed by atoms with Crippen molar-refractivity contribution in [3.8, 4) is 5.75 Å². The Morgan fingerprint density at radius 1 is 1.30 bits per heavy atom. The molecule has 0 aliphatic rings. The Kier molecular flexibility index (Phi) is 4.42. The molecule has 0 bridgehead atoms. The lowest BCUT2D eigenvalue weighted by molar-refractivity contribution is 0.102. The molecule has 0 atom stereocenters. The summed E-state index contributed by atoms with van der Waals surface area (Å²) in [6.07, 6.45) is 1.59. The maximum Gasteiger partial charge on any atom is 0.274 e. The molecule has 0 aliphatic carbocycles. The third kappa shape index (κ3) is 3.19. The molecule has 0 saturated heterocycles. The van der Waals surface area contributed by atoms with E-state index in [-0.39, 0.29) is 5.91 Å². The fraction of sp³-hybridized carbons (Fsp3) is 0.143. The number of carbonyl (C=O) groups is 1.